The number of carbonyl (C=O) groups excluding carboxylic acids is 1. The van der Waals surface area contributed by atoms with Gasteiger partial charge >= 0.3 is 5.97 Å². The van der Waals surface area contributed by atoms with Crippen LogP contribution in [-0.2, 0) is 16.0 Å². The van der Waals surface area contributed by atoms with Crippen LogP contribution in [0.3, 0.4) is 0 Å². The molecule has 0 atom stereocenters. The Bertz CT molecular complexity index is 270. The lowest BCUT2D eigenvalue weighted by atomic mass is 10.2. The highest BCUT2D eigenvalue weighted by molar-refractivity contribution is 7.14. The second-order valence-corrected chi connectivity index (χ2v) is 3.24. The third kappa shape index (κ3) is 2.23. The number of carbonyl (C=O) groups is 1. The van der Waals surface area contributed by atoms with E-state index in [4.69, 9.17) is 10.5 Å². The van der Waals surface area contributed by atoms with Crippen LogP contribution in [-0.4, -0.2) is 12.6 Å². The fraction of sp³-hybridized carbons (Fsp3) is 0.375. The fourth-order valence-electron chi connectivity index (χ4n) is 0.861. The maximum absolute atomic E-state index is 11.0. The number of hydrogen-bond donors (Lipinski definition) is 1. The summed E-state index contributed by atoms with van der Waals surface area (Å²) in [5.41, 5.74) is 6.46. The molecule has 0 bridgehead atoms. The van der Waals surface area contributed by atoms with Gasteiger partial charge in [-0.2, -0.15) is 0 Å². The normalized spacial score (nSPS) is 9.75. The summed E-state index contributed by atoms with van der Waals surface area (Å²) in [5, 5.41) is 2.56. The van der Waals surface area contributed by atoms with E-state index in [0.29, 0.717) is 11.6 Å². The van der Waals surface area contributed by atoms with Gasteiger partial charge in [0.25, 0.3) is 0 Å². The first-order chi connectivity index (χ1) is 5.74. The Morgan fingerprint density at radius 3 is 3.00 bits per heavy atom. The smallest absolute Gasteiger partial charge is 0.310 e. The molecule has 0 saturated heterocycles. The molecule has 2 N–H and O–H groups in total. The van der Waals surface area contributed by atoms with Gasteiger partial charge in [0.2, 0.25) is 0 Å². The molecule has 1 aromatic rings. The molecular weight excluding hydrogens is 174 g/mol. The highest BCUT2D eigenvalue weighted by Crippen LogP contribution is 2.19. The van der Waals surface area contributed by atoms with Crippen molar-refractivity contribution in [1.29, 1.82) is 0 Å². The molecule has 0 aliphatic heterocycles. The molecule has 0 aromatic carbocycles. The molecule has 0 amide bonds. The molecule has 0 radical (unpaired) electrons. The predicted molar refractivity (Wildman–Crippen MR) is 49.1 cm³/mol. The minimum atomic E-state index is -0.220. The Kier molecular flexibility index (Phi) is 3.10. The van der Waals surface area contributed by atoms with Gasteiger partial charge in [-0.05, 0) is 23.9 Å². The van der Waals surface area contributed by atoms with Crippen molar-refractivity contribution in [2.75, 3.05) is 12.3 Å². The molecule has 1 rings (SSSR count). The zero-order valence-corrected chi connectivity index (χ0v) is 7.69. The van der Waals surface area contributed by atoms with Gasteiger partial charge in [-0.1, -0.05) is 0 Å². The topological polar surface area (TPSA) is 52.3 Å². The van der Waals surface area contributed by atoms with Gasteiger partial charge in [0.15, 0.2) is 0 Å². The number of rotatable bonds is 3. The highest BCUT2D eigenvalue weighted by Gasteiger charge is 2.07. The van der Waals surface area contributed by atoms with Gasteiger partial charge in [-0.3, -0.25) is 4.79 Å². The number of nitrogens with two attached hydrogens (primary N) is 1. The Balaban J connectivity index is 2.52. The van der Waals surface area contributed by atoms with Crippen molar-refractivity contribution in [2.45, 2.75) is 13.3 Å². The average molecular weight is 185 g/mol. The molecule has 0 aliphatic carbocycles. The van der Waals surface area contributed by atoms with Crippen LogP contribution in [0.5, 0.6) is 0 Å². The lowest BCUT2D eigenvalue weighted by Gasteiger charge is -1.99. The molecule has 0 saturated carbocycles. The number of thiophene rings is 1. The first-order valence-corrected chi connectivity index (χ1v) is 4.59. The van der Waals surface area contributed by atoms with E-state index in [2.05, 4.69) is 0 Å². The van der Waals surface area contributed by atoms with E-state index in [9.17, 15) is 4.79 Å². The van der Waals surface area contributed by atoms with Crippen LogP contribution in [0.4, 0.5) is 5.00 Å². The maximum atomic E-state index is 11.0. The molecule has 0 aliphatic rings. The Morgan fingerprint density at radius 2 is 2.50 bits per heavy atom. The van der Waals surface area contributed by atoms with Crippen molar-refractivity contribution in [3.63, 3.8) is 0 Å². The lowest BCUT2D eigenvalue weighted by Crippen LogP contribution is -2.07. The summed E-state index contributed by atoms with van der Waals surface area (Å²) in [6.45, 7) is 2.21. The van der Waals surface area contributed by atoms with E-state index < -0.39 is 0 Å². The summed E-state index contributed by atoms with van der Waals surface area (Å²) in [4.78, 5) is 11.0. The molecule has 0 fully saturated rings. The van der Waals surface area contributed by atoms with Crippen molar-refractivity contribution in [2.24, 2.45) is 0 Å². The first-order valence-electron chi connectivity index (χ1n) is 3.71. The van der Waals surface area contributed by atoms with Gasteiger partial charge in [-0.25, -0.2) is 0 Å². The van der Waals surface area contributed by atoms with E-state index in [1.54, 1.807) is 6.92 Å². The van der Waals surface area contributed by atoms with Crippen LogP contribution in [0, 0.1) is 0 Å². The number of nitrogen functional groups attached to an aromatic ring is 1. The molecule has 3 nitrogen and oxygen atoms in total. The van der Waals surface area contributed by atoms with Gasteiger partial charge < -0.3 is 10.5 Å². The summed E-state index contributed by atoms with van der Waals surface area (Å²) in [6.07, 6.45) is 0.281. The van der Waals surface area contributed by atoms with Gasteiger partial charge in [0.1, 0.15) is 0 Å². The first kappa shape index (κ1) is 9.06. The molecule has 1 heterocycles. The standard InChI is InChI=1S/C8H11NO2S/c1-2-11-7(10)5-6-3-4-12-8(6)9/h3-4H,2,5,9H2,1H3. The van der Waals surface area contributed by atoms with E-state index in [-0.39, 0.29) is 12.4 Å². The summed E-state index contributed by atoms with van der Waals surface area (Å²) in [5.74, 6) is -0.220. The lowest BCUT2D eigenvalue weighted by molar-refractivity contribution is -0.142. The number of anilines is 1. The van der Waals surface area contributed by atoms with Gasteiger partial charge in [0.05, 0.1) is 18.0 Å². The Morgan fingerprint density at radius 1 is 1.75 bits per heavy atom. The van der Waals surface area contributed by atoms with Crippen molar-refractivity contribution in [3.8, 4) is 0 Å². The monoisotopic (exact) mass is 185 g/mol. The number of esters is 1. The van der Waals surface area contributed by atoms with Crippen molar-refractivity contribution in [3.05, 3.63) is 17.0 Å². The average Bonchev–Trinajstić information content (AvgIpc) is 2.37. The third-order valence-corrected chi connectivity index (χ3v) is 2.21. The summed E-state index contributed by atoms with van der Waals surface area (Å²) in [7, 11) is 0. The SMILES string of the molecule is CCOC(=O)Cc1ccsc1N. The molecular formula is C8H11NO2S. The molecule has 66 valence electrons. The highest BCUT2D eigenvalue weighted by atomic mass is 32.1. The van der Waals surface area contributed by atoms with Crippen molar-refractivity contribution >= 4 is 22.3 Å². The zero-order chi connectivity index (χ0) is 8.97. The molecule has 0 spiro atoms. The van der Waals surface area contributed by atoms with Gasteiger partial charge in [-0.15, -0.1) is 11.3 Å². The van der Waals surface area contributed by atoms with Crippen LogP contribution in [0.25, 0.3) is 0 Å². The molecule has 0 unspecified atom stereocenters. The number of ether oxygens (including phenoxy) is 1. The van der Waals surface area contributed by atoms with Gasteiger partial charge in [0, 0.05) is 0 Å². The largest absolute Gasteiger partial charge is 0.466 e. The van der Waals surface area contributed by atoms with Crippen molar-refractivity contribution in [1.82, 2.24) is 0 Å². The zero-order valence-electron chi connectivity index (χ0n) is 6.87. The second-order valence-electron chi connectivity index (χ2n) is 2.29. The fourth-order valence-corrected chi connectivity index (χ4v) is 1.53. The Hall–Kier alpha value is -1.03. The van der Waals surface area contributed by atoms with Crippen LogP contribution in [0.1, 0.15) is 12.5 Å². The third-order valence-electron chi connectivity index (χ3n) is 1.42. The van der Waals surface area contributed by atoms with Crippen LogP contribution in [0.15, 0.2) is 11.4 Å². The summed E-state index contributed by atoms with van der Waals surface area (Å²) < 4.78 is 4.78. The predicted octanol–water partition coefficient (Wildman–Crippen LogP) is 1.44. The number of hydrogen-bond acceptors (Lipinski definition) is 4. The molecule has 1 aromatic heterocycles. The molecule has 12 heavy (non-hydrogen) atoms. The Labute approximate surface area is 75.1 Å². The maximum Gasteiger partial charge on any atom is 0.310 e. The van der Waals surface area contributed by atoms with Crippen LogP contribution < -0.4 is 5.73 Å². The second kappa shape index (κ2) is 4.11. The van der Waals surface area contributed by atoms with Crippen molar-refractivity contribution < 1.29 is 9.53 Å². The summed E-state index contributed by atoms with van der Waals surface area (Å²) in [6, 6.07) is 1.84. The minimum absolute atomic E-state index is 0.220. The quantitative estimate of drug-likeness (QED) is 0.725. The minimum Gasteiger partial charge on any atom is -0.466 e. The molecule has 4 heteroatoms. The van der Waals surface area contributed by atoms with Crippen LogP contribution in [0.2, 0.25) is 0 Å². The van der Waals surface area contributed by atoms with Crippen LogP contribution >= 0.6 is 11.3 Å². The summed E-state index contributed by atoms with van der Waals surface area (Å²) >= 11 is 1.43. The van der Waals surface area contributed by atoms with E-state index in [0.717, 1.165) is 5.56 Å². The van der Waals surface area contributed by atoms with E-state index in [1.165, 1.54) is 11.3 Å². The van der Waals surface area contributed by atoms with E-state index in [1.807, 2.05) is 11.4 Å². The van der Waals surface area contributed by atoms with E-state index >= 15 is 0 Å².